The summed E-state index contributed by atoms with van der Waals surface area (Å²) in [6, 6.07) is 5.35. The third-order valence-corrected chi connectivity index (χ3v) is 6.66. The van der Waals surface area contributed by atoms with Gasteiger partial charge in [0, 0.05) is 13.0 Å². The first kappa shape index (κ1) is 24.2. The Morgan fingerprint density at radius 3 is 2.41 bits per heavy atom. The zero-order valence-corrected chi connectivity index (χ0v) is 20.4. The summed E-state index contributed by atoms with van der Waals surface area (Å²) in [5.41, 5.74) is 1.98. The fourth-order valence-electron chi connectivity index (χ4n) is 5.07. The van der Waals surface area contributed by atoms with Crippen molar-refractivity contribution in [3.8, 4) is 0 Å². The number of benzene rings is 1. The molecule has 1 atom stereocenters. The molecular weight excluding hydrogens is 436 g/mol. The molecule has 4 rings (SSSR count). The van der Waals surface area contributed by atoms with Gasteiger partial charge >= 0.3 is 11.7 Å². The number of aryl methyl sites for hydroxylation is 1. The van der Waals surface area contributed by atoms with Crippen LogP contribution in [-0.2, 0) is 25.7 Å². The van der Waals surface area contributed by atoms with Gasteiger partial charge in [0.15, 0.2) is 0 Å². The highest BCUT2D eigenvalue weighted by Gasteiger charge is 2.32. The van der Waals surface area contributed by atoms with Gasteiger partial charge in [-0.1, -0.05) is 6.07 Å². The van der Waals surface area contributed by atoms with Crippen LogP contribution in [0.2, 0.25) is 0 Å². The molecule has 2 saturated heterocycles. The number of nitrogens with zero attached hydrogens (tertiary/aromatic N) is 3. The van der Waals surface area contributed by atoms with Crippen LogP contribution in [0.4, 0.5) is 0 Å². The summed E-state index contributed by atoms with van der Waals surface area (Å²) in [6.07, 6.45) is 2.38. The molecule has 2 aliphatic heterocycles. The number of hydrogen-bond donors (Lipinski definition) is 1. The summed E-state index contributed by atoms with van der Waals surface area (Å²) < 4.78 is 8.67. The van der Waals surface area contributed by atoms with Crippen LogP contribution in [0.1, 0.15) is 70.9 Å². The number of imidazole rings is 1. The van der Waals surface area contributed by atoms with E-state index in [4.69, 9.17) is 4.74 Å². The number of esters is 1. The second-order valence-corrected chi connectivity index (χ2v) is 10.2. The molecular formula is C25H34N4O5. The van der Waals surface area contributed by atoms with E-state index < -0.39 is 17.6 Å². The average molecular weight is 471 g/mol. The van der Waals surface area contributed by atoms with Gasteiger partial charge in [-0.3, -0.25) is 33.7 Å². The monoisotopic (exact) mass is 470 g/mol. The quantitative estimate of drug-likeness (QED) is 0.532. The van der Waals surface area contributed by atoms with Crippen LogP contribution in [-0.4, -0.2) is 57.1 Å². The number of aromatic nitrogens is 2. The first-order valence-electron chi connectivity index (χ1n) is 12.1. The molecule has 34 heavy (non-hydrogen) atoms. The van der Waals surface area contributed by atoms with E-state index in [2.05, 4.69) is 16.3 Å². The van der Waals surface area contributed by atoms with Crippen molar-refractivity contribution in [1.29, 1.82) is 0 Å². The third kappa shape index (κ3) is 4.94. The maximum Gasteiger partial charge on any atom is 0.329 e. The highest BCUT2D eigenvalue weighted by atomic mass is 16.6. The first-order valence-corrected chi connectivity index (χ1v) is 12.1. The van der Waals surface area contributed by atoms with Crippen LogP contribution >= 0.6 is 0 Å². The van der Waals surface area contributed by atoms with Gasteiger partial charge in [-0.15, -0.1) is 0 Å². The maximum atomic E-state index is 13.2. The Balaban J connectivity index is 1.52. The van der Waals surface area contributed by atoms with Crippen molar-refractivity contribution in [2.75, 3.05) is 19.6 Å². The fraction of sp³-hybridized carbons (Fsp3) is 0.600. The Kier molecular flexibility index (Phi) is 6.66. The van der Waals surface area contributed by atoms with Gasteiger partial charge in [0.05, 0.1) is 17.6 Å². The van der Waals surface area contributed by atoms with Crippen LogP contribution in [0.5, 0.6) is 0 Å². The van der Waals surface area contributed by atoms with E-state index in [1.54, 1.807) is 4.57 Å². The second-order valence-electron chi connectivity index (χ2n) is 10.2. The van der Waals surface area contributed by atoms with Crippen molar-refractivity contribution in [3.05, 3.63) is 34.2 Å². The molecule has 9 nitrogen and oxygen atoms in total. The number of fused-ring (bicyclic) bond motifs is 1. The lowest BCUT2D eigenvalue weighted by Crippen LogP contribution is -2.44. The first-order chi connectivity index (χ1) is 16.1. The van der Waals surface area contributed by atoms with Gasteiger partial charge in [0.1, 0.15) is 11.6 Å². The summed E-state index contributed by atoms with van der Waals surface area (Å²) in [7, 11) is 0. The predicted octanol–water partition coefficient (Wildman–Crippen LogP) is 2.32. The molecule has 1 aromatic heterocycles. The molecule has 9 heteroatoms. The zero-order valence-electron chi connectivity index (χ0n) is 20.4. The average Bonchev–Trinajstić information content (AvgIpc) is 3.03. The molecule has 2 fully saturated rings. The van der Waals surface area contributed by atoms with Crippen molar-refractivity contribution >= 4 is 28.8 Å². The highest BCUT2D eigenvalue weighted by molar-refractivity contribution is 6.00. The van der Waals surface area contributed by atoms with Gasteiger partial charge in [0.2, 0.25) is 11.8 Å². The van der Waals surface area contributed by atoms with Crippen molar-refractivity contribution in [2.45, 2.75) is 77.5 Å². The molecule has 0 spiro atoms. The number of carbonyl (C=O) groups excluding carboxylic acids is 3. The lowest BCUT2D eigenvalue weighted by molar-refractivity contribution is -0.156. The number of hydrogen-bond acceptors (Lipinski definition) is 6. The summed E-state index contributed by atoms with van der Waals surface area (Å²) >= 11 is 0. The summed E-state index contributed by atoms with van der Waals surface area (Å²) in [6.45, 7) is 9.93. The molecule has 2 aromatic rings. The van der Waals surface area contributed by atoms with E-state index >= 15 is 0 Å². The fourth-order valence-corrected chi connectivity index (χ4v) is 5.07. The van der Waals surface area contributed by atoms with E-state index in [-0.39, 0.29) is 24.0 Å². The predicted molar refractivity (Wildman–Crippen MR) is 128 cm³/mol. The lowest BCUT2D eigenvalue weighted by Gasteiger charge is -2.32. The number of carbonyl (C=O) groups is 3. The van der Waals surface area contributed by atoms with Gasteiger partial charge in [-0.2, -0.15) is 0 Å². The molecule has 0 bridgehead atoms. The largest absolute Gasteiger partial charge is 0.459 e. The Labute approximate surface area is 199 Å². The van der Waals surface area contributed by atoms with Crippen LogP contribution in [0.15, 0.2) is 23.0 Å². The van der Waals surface area contributed by atoms with E-state index in [9.17, 15) is 19.2 Å². The second kappa shape index (κ2) is 9.37. The van der Waals surface area contributed by atoms with Crippen molar-refractivity contribution in [3.63, 3.8) is 0 Å². The molecule has 0 aliphatic carbocycles. The molecule has 184 valence electrons. The van der Waals surface area contributed by atoms with Crippen LogP contribution in [0.3, 0.4) is 0 Å². The maximum absolute atomic E-state index is 13.2. The molecule has 0 radical (unpaired) electrons. The number of piperidine rings is 2. The molecule has 1 unspecified atom stereocenters. The SMILES string of the molecule is CCn1c(=O)n(C2CCC(=O)NC2=O)c2ccc(C3CCN(CC(=O)OC(C)(C)C)CC3)cc21. The van der Waals surface area contributed by atoms with E-state index in [1.165, 1.54) is 4.57 Å². The van der Waals surface area contributed by atoms with Crippen molar-refractivity contribution in [2.24, 2.45) is 0 Å². The van der Waals surface area contributed by atoms with Crippen LogP contribution in [0, 0.1) is 0 Å². The minimum absolute atomic E-state index is 0.200. The normalized spacial score (nSPS) is 20.5. The van der Waals surface area contributed by atoms with Gasteiger partial charge in [-0.25, -0.2) is 4.79 Å². The molecule has 3 heterocycles. The Morgan fingerprint density at radius 1 is 1.09 bits per heavy atom. The Morgan fingerprint density at radius 2 is 1.79 bits per heavy atom. The number of amides is 2. The smallest absolute Gasteiger partial charge is 0.329 e. The Hall–Kier alpha value is -2.94. The zero-order chi connectivity index (χ0) is 24.6. The number of rotatable bonds is 5. The van der Waals surface area contributed by atoms with Crippen molar-refractivity contribution < 1.29 is 19.1 Å². The van der Waals surface area contributed by atoms with Gasteiger partial charge in [-0.05, 0) is 83.7 Å². The Bertz CT molecular complexity index is 1160. The van der Waals surface area contributed by atoms with Gasteiger partial charge in [0.25, 0.3) is 0 Å². The van der Waals surface area contributed by atoms with Crippen molar-refractivity contribution in [1.82, 2.24) is 19.4 Å². The highest BCUT2D eigenvalue weighted by Crippen LogP contribution is 2.31. The standard InChI is InChI=1S/C25H34N4O5/c1-5-28-20-14-17(16-10-12-27(13-11-16)15-22(31)34-25(2,3)4)6-7-18(20)29(24(28)33)19-8-9-21(30)26-23(19)32/h6-7,14,16,19H,5,8-13,15H2,1-4H3,(H,26,30,32). The number of imide groups is 1. The van der Waals surface area contributed by atoms with Crippen LogP contribution < -0.4 is 11.0 Å². The number of nitrogens with one attached hydrogen (secondary N) is 1. The molecule has 1 aromatic carbocycles. The third-order valence-electron chi connectivity index (χ3n) is 6.66. The van der Waals surface area contributed by atoms with Gasteiger partial charge < -0.3 is 4.74 Å². The summed E-state index contributed by atoms with van der Waals surface area (Å²) in [5.74, 6) is -0.587. The number of likely N-dealkylation sites (tertiary alicyclic amines) is 1. The summed E-state index contributed by atoms with van der Waals surface area (Å²) in [5, 5.41) is 2.36. The molecule has 0 saturated carbocycles. The molecule has 2 amide bonds. The minimum atomic E-state index is -0.678. The number of ether oxygens (including phenoxy) is 1. The minimum Gasteiger partial charge on any atom is -0.459 e. The van der Waals surface area contributed by atoms with Crippen LogP contribution in [0.25, 0.3) is 11.0 Å². The lowest BCUT2D eigenvalue weighted by atomic mass is 9.89. The van der Waals surface area contributed by atoms with E-state index in [0.29, 0.717) is 30.9 Å². The van der Waals surface area contributed by atoms with E-state index in [1.807, 2.05) is 39.8 Å². The molecule has 2 aliphatic rings. The summed E-state index contributed by atoms with van der Waals surface area (Å²) in [4.78, 5) is 51.5. The molecule has 1 N–H and O–H groups in total. The topological polar surface area (TPSA) is 103 Å². The van der Waals surface area contributed by atoms with E-state index in [0.717, 1.165) is 37.0 Å².